The highest BCUT2D eigenvalue weighted by molar-refractivity contribution is 5.78. The average Bonchev–Trinajstić information content (AvgIpc) is 2.35. The largest absolute Gasteiger partial charge is 0.391 e. The van der Waals surface area contributed by atoms with Crippen molar-refractivity contribution in [2.75, 3.05) is 0 Å². The molecule has 1 aromatic rings. The Balaban J connectivity index is 1.86. The van der Waals surface area contributed by atoms with Gasteiger partial charge in [-0.05, 0) is 25.3 Å². The van der Waals surface area contributed by atoms with Gasteiger partial charge in [-0.2, -0.15) is 0 Å². The number of aliphatic hydroxyl groups excluding tert-OH is 1. The van der Waals surface area contributed by atoms with E-state index in [1.807, 2.05) is 31.2 Å². The molecule has 0 aromatic heterocycles. The zero-order chi connectivity index (χ0) is 13.0. The minimum Gasteiger partial charge on any atom is -0.391 e. The third-order valence-electron chi connectivity index (χ3n) is 3.56. The van der Waals surface area contributed by atoms with Crippen LogP contribution in [0.1, 0.15) is 36.8 Å². The number of carbonyl (C=O) groups is 1. The third kappa shape index (κ3) is 3.57. The van der Waals surface area contributed by atoms with Gasteiger partial charge in [0, 0.05) is 0 Å². The summed E-state index contributed by atoms with van der Waals surface area (Å²) < 4.78 is 0. The van der Waals surface area contributed by atoms with Crippen molar-refractivity contribution in [3.8, 4) is 0 Å². The summed E-state index contributed by atoms with van der Waals surface area (Å²) in [5.74, 6) is 0.00445. The summed E-state index contributed by atoms with van der Waals surface area (Å²) in [5, 5.41) is 12.7. The number of hydrogen-bond acceptors (Lipinski definition) is 2. The van der Waals surface area contributed by atoms with Crippen molar-refractivity contribution < 1.29 is 9.90 Å². The van der Waals surface area contributed by atoms with Crippen LogP contribution < -0.4 is 5.32 Å². The fourth-order valence-electron chi connectivity index (χ4n) is 2.43. The van der Waals surface area contributed by atoms with Gasteiger partial charge in [-0.15, -0.1) is 0 Å². The van der Waals surface area contributed by atoms with E-state index in [0.29, 0.717) is 6.42 Å². The number of aliphatic hydroxyl groups is 1. The number of benzene rings is 1. The van der Waals surface area contributed by atoms with E-state index >= 15 is 0 Å². The lowest BCUT2D eigenvalue weighted by atomic mass is 9.92. The minimum atomic E-state index is -0.374. The van der Waals surface area contributed by atoms with Crippen LogP contribution in [0.4, 0.5) is 0 Å². The summed E-state index contributed by atoms with van der Waals surface area (Å²) in [6, 6.07) is 7.92. The third-order valence-corrected chi connectivity index (χ3v) is 3.56. The normalized spacial score (nSPS) is 23.7. The standard InChI is InChI=1S/C15H21NO2/c1-11-6-8-12(9-7-11)10-15(18)16-13-4-2-3-5-14(13)17/h6-9,13-14,17H,2-5,10H2,1H3,(H,16,18). The van der Waals surface area contributed by atoms with Crippen molar-refractivity contribution in [2.24, 2.45) is 0 Å². The molecule has 1 fully saturated rings. The van der Waals surface area contributed by atoms with Crippen LogP contribution in [0.25, 0.3) is 0 Å². The van der Waals surface area contributed by atoms with Crippen LogP contribution in [0.2, 0.25) is 0 Å². The molecule has 2 atom stereocenters. The Hall–Kier alpha value is -1.35. The van der Waals surface area contributed by atoms with E-state index in [2.05, 4.69) is 5.32 Å². The maximum absolute atomic E-state index is 11.9. The van der Waals surface area contributed by atoms with Crippen molar-refractivity contribution >= 4 is 5.91 Å². The first kappa shape index (κ1) is 13.1. The fraction of sp³-hybridized carbons (Fsp3) is 0.533. The van der Waals surface area contributed by atoms with Crippen molar-refractivity contribution in [2.45, 2.75) is 51.2 Å². The lowest BCUT2D eigenvalue weighted by molar-refractivity contribution is -0.122. The van der Waals surface area contributed by atoms with Crippen LogP contribution in [0.3, 0.4) is 0 Å². The van der Waals surface area contributed by atoms with Gasteiger partial charge >= 0.3 is 0 Å². The highest BCUT2D eigenvalue weighted by Gasteiger charge is 2.24. The SMILES string of the molecule is Cc1ccc(CC(=O)NC2CCCCC2O)cc1. The van der Waals surface area contributed by atoms with Crippen LogP contribution in [0.5, 0.6) is 0 Å². The number of nitrogens with one attached hydrogen (secondary N) is 1. The van der Waals surface area contributed by atoms with Crippen LogP contribution in [-0.2, 0) is 11.2 Å². The highest BCUT2D eigenvalue weighted by atomic mass is 16.3. The van der Waals surface area contributed by atoms with Gasteiger partial charge in [0.1, 0.15) is 0 Å². The molecule has 0 radical (unpaired) electrons. The van der Waals surface area contributed by atoms with Crippen LogP contribution in [0, 0.1) is 6.92 Å². The molecule has 1 aliphatic rings. The first-order valence-corrected chi connectivity index (χ1v) is 6.68. The Morgan fingerprint density at radius 3 is 2.61 bits per heavy atom. The predicted octanol–water partition coefficient (Wildman–Crippen LogP) is 1.96. The van der Waals surface area contributed by atoms with E-state index in [9.17, 15) is 9.90 Å². The van der Waals surface area contributed by atoms with E-state index in [4.69, 9.17) is 0 Å². The van der Waals surface area contributed by atoms with E-state index in [0.717, 1.165) is 31.2 Å². The molecule has 18 heavy (non-hydrogen) atoms. The number of hydrogen-bond donors (Lipinski definition) is 2. The van der Waals surface area contributed by atoms with E-state index in [-0.39, 0.29) is 18.1 Å². The van der Waals surface area contributed by atoms with E-state index in [1.54, 1.807) is 0 Å². The minimum absolute atomic E-state index is 0.00445. The van der Waals surface area contributed by atoms with Gasteiger partial charge in [0.25, 0.3) is 0 Å². The second-order valence-electron chi connectivity index (χ2n) is 5.19. The summed E-state index contributed by atoms with van der Waals surface area (Å²) in [6.45, 7) is 2.03. The number of aryl methyl sites for hydroxylation is 1. The molecule has 3 heteroatoms. The molecule has 0 heterocycles. The maximum Gasteiger partial charge on any atom is 0.224 e. The Labute approximate surface area is 108 Å². The molecule has 0 bridgehead atoms. The van der Waals surface area contributed by atoms with E-state index in [1.165, 1.54) is 5.56 Å². The molecular weight excluding hydrogens is 226 g/mol. The summed E-state index contributed by atoms with van der Waals surface area (Å²) in [5.41, 5.74) is 2.21. The Morgan fingerprint density at radius 2 is 1.94 bits per heavy atom. The van der Waals surface area contributed by atoms with Gasteiger partial charge in [-0.1, -0.05) is 42.7 Å². The van der Waals surface area contributed by atoms with Gasteiger partial charge < -0.3 is 10.4 Å². The van der Waals surface area contributed by atoms with Crippen molar-refractivity contribution in [3.63, 3.8) is 0 Å². The Morgan fingerprint density at radius 1 is 1.28 bits per heavy atom. The second-order valence-corrected chi connectivity index (χ2v) is 5.19. The van der Waals surface area contributed by atoms with E-state index < -0.39 is 0 Å². The lowest BCUT2D eigenvalue weighted by Gasteiger charge is -2.28. The molecule has 3 nitrogen and oxygen atoms in total. The molecule has 1 saturated carbocycles. The lowest BCUT2D eigenvalue weighted by Crippen LogP contribution is -2.45. The molecule has 2 rings (SSSR count). The van der Waals surface area contributed by atoms with Gasteiger partial charge in [-0.25, -0.2) is 0 Å². The summed E-state index contributed by atoms with van der Waals surface area (Å²) >= 11 is 0. The molecule has 1 aromatic carbocycles. The Kier molecular flexibility index (Phi) is 4.37. The zero-order valence-corrected chi connectivity index (χ0v) is 10.9. The van der Waals surface area contributed by atoms with Crippen LogP contribution in [-0.4, -0.2) is 23.2 Å². The first-order chi connectivity index (χ1) is 8.65. The summed E-state index contributed by atoms with van der Waals surface area (Å²) in [7, 11) is 0. The molecular formula is C15H21NO2. The van der Waals surface area contributed by atoms with Crippen molar-refractivity contribution in [1.82, 2.24) is 5.32 Å². The topological polar surface area (TPSA) is 49.3 Å². The summed E-state index contributed by atoms with van der Waals surface area (Å²) in [4.78, 5) is 11.9. The van der Waals surface area contributed by atoms with Gasteiger partial charge in [-0.3, -0.25) is 4.79 Å². The molecule has 1 aliphatic carbocycles. The molecule has 0 aliphatic heterocycles. The number of amides is 1. The molecule has 0 saturated heterocycles. The Bertz CT molecular complexity index is 399. The van der Waals surface area contributed by atoms with Gasteiger partial charge in [0.05, 0.1) is 18.6 Å². The smallest absolute Gasteiger partial charge is 0.224 e. The maximum atomic E-state index is 11.9. The second kappa shape index (κ2) is 6.01. The van der Waals surface area contributed by atoms with Gasteiger partial charge in [0.2, 0.25) is 5.91 Å². The number of rotatable bonds is 3. The molecule has 1 amide bonds. The highest BCUT2D eigenvalue weighted by Crippen LogP contribution is 2.18. The van der Waals surface area contributed by atoms with Crippen LogP contribution in [0.15, 0.2) is 24.3 Å². The fourth-order valence-corrected chi connectivity index (χ4v) is 2.43. The van der Waals surface area contributed by atoms with Crippen molar-refractivity contribution in [3.05, 3.63) is 35.4 Å². The molecule has 2 N–H and O–H groups in total. The molecule has 0 spiro atoms. The van der Waals surface area contributed by atoms with Gasteiger partial charge in [0.15, 0.2) is 0 Å². The monoisotopic (exact) mass is 247 g/mol. The number of carbonyl (C=O) groups excluding carboxylic acids is 1. The predicted molar refractivity (Wildman–Crippen MR) is 71.3 cm³/mol. The summed E-state index contributed by atoms with van der Waals surface area (Å²) in [6.07, 6.45) is 3.86. The first-order valence-electron chi connectivity index (χ1n) is 6.68. The van der Waals surface area contributed by atoms with Crippen LogP contribution >= 0.6 is 0 Å². The zero-order valence-electron chi connectivity index (χ0n) is 10.9. The molecule has 2 unspecified atom stereocenters. The quantitative estimate of drug-likeness (QED) is 0.857. The average molecular weight is 247 g/mol. The van der Waals surface area contributed by atoms with Crippen molar-refractivity contribution in [1.29, 1.82) is 0 Å². The molecule has 98 valence electrons.